The van der Waals surface area contributed by atoms with Gasteiger partial charge in [0.2, 0.25) is 10.0 Å². The molecule has 19 heavy (non-hydrogen) atoms. The second-order valence-corrected chi connectivity index (χ2v) is 8.28. The molecule has 2 heterocycles. The lowest BCUT2D eigenvalue weighted by Gasteiger charge is -2.11. The molecular weight excluding hydrogens is 282 g/mol. The molecule has 0 bridgehead atoms. The van der Waals surface area contributed by atoms with Crippen LogP contribution in [0.25, 0.3) is 0 Å². The van der Waals surface area contributed by atoms with E-state index in [0.717, 1.165) is 30.0 Å². The van der Waals surface area contributed by atoms with E-state index in [4.69, 9.17) is 5.73 Å². The molecule has 0 saturated carbocycles. The topological polar surface area (TPSA) is 75.4 Å². The molecule has 5 nitrogen and oxygen atoms in total. The highest BCUT2D eigenvalue weighted by atomic mass is 32.2. The van der Waals surface area contributed by atoms with Crippen molar-refractivity contribution in [3.8, 4) is 0 Å². The third-order valence-corrected chi connectivity index (χ3v) is 6.66. The molecule has 1 unspecified atom stereocenters. The number of thiophene rings is 1. The van der Waals surface area contributed by atoms with Crippen molar-refractivity contribution >= 4 is 21.4 Å². The lowest BCUT2D eigenvalue weighted by molar-refractivity contribution is 0.394. The van der Waals surface area contributed by atoms with Crippen LogP contribution in [0.4, 0.5) is 0 Å². The summed E-state index contributed by atoms with van der Waals surface area (Å²) in [5.74, 6) is 0.412. The van der Waals surface area contributed by atoms with E-state index < -0.39 is 10.0 Å². The predicted octanol–water partition coefficient (Wildman–Crippen LogP) is 0.745. The summed E-state index contributed by atoms with van der Waals surface area (Å²) in [6.07, 6.45) is 1.05. The minimum atomic E-state index is -3.38. The van der Waals surface area contributed by atoms with E-state index in [-0.39, 0.29) is 0 Å². The molecule has 0 radical (unpaired) electrons. The maximum absolute atomic E-state index is 12.2. The number of hydrogen-bond donors (Lipinski definition) is 2. The first-order valence-corrected chi connectivity index (χ1v) is 8.70. The standard InChI is InChI=1S/C12H21N3O2S2/c1-9-5-12(18-11(9)6-13)19(16,17)14-7-10-3-4-15(2)8-10/h5,10,14H,3-4,6-8,13H2,1-2H3. The first-order chi connectivity index (χ1) is 8.92. The largest absolute Gasteiger partial charge is 0.326 e. The van der Waals surface area contributed by atoms with E-state index in [1.54, 1.807) is 6.07 Å². The molecule has 7 heteroatoms. The van der Waals surface area contributed by atoms with Gasteiger partial charge >= 0.3 is 0 Å². The first kappa shape index (κ1) is 14.9. The average molecular weight is 303 g/mol. The number of likely N-dealkylation sites (tertiary alicyclic amines) is 1. The van der Waals surface area contributed by atoms with Gasteiger partial charge in [0.25, 0.3) is 0 Å². The molecule has 0 aliphatic carbocycles. The van der Waals surface area contributed by atoms with Crippen LogP contribution in [0.1, 0.15) is 16.9 Å². The van der Waals surface area contributed by atoms with E-state index >= 15 is 0 Å². The van der Waals surface area contributed by atoms with Gasteiger partial charge in [-0.05, 0) is 44.5 Å². The smallest absolute Gasteiger partial charge is 0.250 e. The van der Waals surface area contributed by atoms with Crippen LogP contribution in [0.2, 0.25) is 0 Å². The molecule has 1 aromatic heterocycles. The second kappa shape index (κ2) is 5.88. The van der Waals surface area contributed by atoms with E-state index in [0.29, 0.717) is 23.2 Å². The number of sulfonamides is 1. The van der Waals surface area contributed by atoms with Gasteiger partial charge in [-0.1, -0.05) is 0 Å². The van der Waals surface area contributed by atoms with Crippen molar-refractivity contribution in [2.24, 2.45) is 11.7 Å². The summed E-state index contributed by atoms with van der Waals surface area (Å²) in [6, 6.07) is 1.70. The maximum atomic E-state index is 12.2. The Kier molecular flexibility index (Phi) is 4.62. The highest BCUT2D eigenvalue weighted by molar-refractivity contribution is 7.91. The fourth-order valence-electron chi connectivity index (χ4n) is 2.32. The summed E-state index contributed by atoms with van der Waals surface area (Å²) in [5, 5.41) is 0. The Morgan fingerprint density at radius 2 is 2.32 bits per heavy atom. The molecular formula is C12H21N3O2S2. The van der Waals surface area contributed by atoms with Crippen LogP contribution in [0, 0.1) is 12.8 Å². The van der Waals surface area contributed by atoms with E-state index in [2.05, 4.69) is 16.7 Å². The zero-order valence-electron chi connectivity index (χ0n) is 11.3. The van der Waals surface area contributed by atoms with Gasteiger partial charge in [-0.15, -0.1) is 11.3 Å². The Morgan fingerprint density at radius 1 is 1.58 bits per heavy atom. The van der Waals surface area contributed by atoms with Crippen LogP contribution in [-0.4, -0.2) is 40.0 Å². The molecule has 2 rings (SSSR count). The molecule has 1 saturated heterocycles. The Balaban J connectivity index is 2.01. The molecule has 1 atom stereocenters. The third kappa shape index (κ3) is 3.55. The van der Waals surface area contributed by atoms with Gasteiger partial charge in [0, 0.05) is 24.5 Å². The monoisotopic (exact) mass is 303 g/mol. The minimum absolute atomic E-state index is 0.372. The number of aryl methyl sites for hydroxylation is 1. The van der Waals surface area contributed by atoms with Gasteiger partial charge in [0.05, 0.1) is 0 Å². The highest BCUT2D eigenvalue weighted by Crippen LogP contribution is 2.25. The predicted molar refractivity (Wildman–Crippen MR) is 77.7 cm³/mol. The van der Waals surface area contributed by atoms with Crippen molar-refractivity contribution in [2.45, 2.75) is 24.1 Å². The van der Waals surface area contributed by atoms with Crippen LogP contribution >= 0.6 is 11.3 Å². The Bertz CT molecular complexity index is 539. The zero-order valence-corrected chi connectivity index (χ0v) is 13.0. The van der Waals surface area contributed by atoms with Crippen LogP contribution in [-0.2, 0) is 16.6 Å². The van der Waals surface area contributed by atoms with Crippen molar-refractivity contribution in [1.82, 2.24) is 9.62 Å². The quantitative estimate of drug-likeness (QED) is 0.841. The van der Waals surface area contributed by atoms with Crippen molar-refractivity contribution in [3.05, 3.63) is 16.5 Å². The third-order valence-electron chi connectivity index (χ3n) is 3.50. The first-order valence-electron chi connectivity index (χ1n) is 6.40. The number of rotatable bonds is 5. The molecule has 1 aliphatic rings. The van der Waals surface area contributed by atoms with Gasteiger partial charge in [-0.2, -0.15) is 0 Å². The molecule has 1 aliphatic heterocycles. The molecule has 0 aromatic carbocycles. The molecule has 108 valence electrons. The Labute approximate surface area is 118 Å². The normalized spacial score (nSPS) is 21.1. The summed E-state index contributed by atoms with van der Waals surface area (Å²) in [5.41, 5.74) is 6.54. The Morgan fingerprint density at radius 3 is 2.84 bits per heavy atom. The van der Waals surface area contributed by atoms with Crippen molar-refractivity contribution in [2.75, 3.05) is 26.7 Å². The van der Waals surface area contributed by atoms with Gasteiger partial charge in [-0.3, -0.25) is 0 Å². The molecule has 1 aromatic rings. The summed E-state index contributed by atoms with van der Waals surface area (Å²) < 4.78 is 27.5. The number of hydrogen-bond acceptors (Lipinski definition) is 5. The summed E-state index contributed by atoms with van der Waals surface area (Å²) in [7, 11) is -1.32. The van der Waals surface area contributed by atoms with Crippen molar-refractivity contribution in [3.63, 3.8) is 0 Å². The number of nitrogens with zero attached hydrogens (tertiary/aromatic N) is 1. The number of nitrogens with one attached hydrogen (secondary N) is 1. The fraction of sp³-hybridized carbons (Fsp3) is 0.667. The molecule has 0 amide bonds. The van der Waals surface area contributed by atoms with Crippen LogP contribution in [0.3, 0.4) is 0 Å². The van der Waals surface area contributed by atoms with Crippen molar-refractivity contribution < 1.29 is 8.42 Å². The van der Waals surface area contributed by atoms with Gasteiger partial charge in [0.1, 0.15) is 4.21 Å². The summed E-state index contributed by atoms with van der Waals surface area (Å²) in [4.78, 5) is 3.15. The summed E-state index contributed by atoms with van der Waals surface area (Å²) in [6.45, 7) is 4.80. The van der Waals surface area contributed by atoms with Crippen molar-refractivity contribution in [1.29, 1.82) is 0 Å². The van der Waals surface area contributed by atoms with Gasteiger partial charge < -0.3 is 10.6 Å². The minimum Gasteiger partial charge on any atom is -0.326 e. The lowest BCUT2D eigenvalue weighted by atomic mass is 10.1. The fourth-order valence-corrected chi connectivity index (χ4v) is 4.94. The van der Waals surface area contributed by atoms with Gasteiger partial charge in [-0.25, -0.2) is 13.1 Å². The van der Waals surface area contributed by atoms with E-state index in [1.807, 2.05) is 6.92 Å². The lowest BCUT2D eigenvalue weighted by Crippen LogP contribution is -2.30. The van der Waals surface area contributed by atoms with Crippen LogP contribution in [0.15, 0.2) is 10.3 Å². The number of nitrogens with two attached hydrogens (primary N) is 1. The summed E-state index contributed by atoms with van der Waals surface area (Å²) >= 11 is 1.26. The zero-order chi connectivity index (χ0) is 14.0. The van der Waals surface area contributed by atoms with E-state index in [1.165, 1.54) is 11.3 Å². The molecule has 1 fully saturated rings. The average Bonchev–Trinajstić information content (AvgIpc) is 2.93. The Hall–Kier alpha value is -0.470. The maximum Gasteiger partial charge on any atom is 0.250 e. The molecule has 0 spiro atoms. The van der Waals surface area contributed by atoms with Gasteiger partial charge in [0.15, 0.2) is 0 Å². The van der Waals surface area contributed by atoms with Crippen LogP contribution < -0.4 is 10.5 Å². The van der Waals surface area contributed by atoms with E-state index in [9.17, 15) is 8.42 Å². The second-order valence-electron chi connectivity index (χ2n) is 5.14. The molecule has 3 N–H and O–H groups in total. The highest BCUT2D eigenvalue weighted by Gasteiger charge is 2.23. The SMILES string of the molecule is Cc1cc(S(=O)(=O)NCC2CCN(C)C2)sc1CN. The van der Waals surface area contributed by atoms with Crippen LogP contribution in [0.5, 0.6) is 0 Å².